The minimum Gasteiger partial charge on any atom is -0.314 e. The molecule has 0 aliphatic carbocycles. The largest absolute Gasteiger partial charge is 0.314 e. The third-order valence-electron chi connectivity index (χ3n) is 1.28. The molecular weight excluding hydrogens is 227 g/mol. The first-order chi connectivity index (χ1) is 5.59. The molecular formula is C7H8BrFN2O. The Balaban J connectivity index is 2.90. The van der Waals surface area contributed by atoms with Crippen molar-refractivity contribution in [2.45, 2.75) is 6.54 Å². The fourth-order valence-electron chi connectivity index (χ4n) is 0.822. The lowest BCUT2D eigenvalue weighted by atomic mass is 10.3. The molecule has 12 heavy (non-hydrogen) atoms. The Kier molecular flexibility index (Phi) is 3.13. The highest BCUT2D eigenvalue weighted by Gasteiger charge is 2.05. The molecule has 1 heterocycles. The van der Waals surface area contributed by atoms with E-state index in [2.05, 4.69) is 20.9 Å². The van der Waals surface area contributed by atoms with Crippen molar-refractivity contribution in [2.24, 2.45) is 0 Å². The van der Waals surface area contributed by atoms with E-state index in [1.807, 2.05) is 0 Å². The fourth-order valence-corrected chi connectivity index (χ4v) is 1.20. The first-order valence-electron chi connectivity index (χ1n) is 3.29. The van der Waals surface area contributed by atoms with Gasteiger partial charge in [-0.2, -0.15) is 9.45 Å². The number of aromatic nitrogens is 1. The van der Waals surface area contributed by atoms with Crippen molar-refractivity contribution in [1.29, 1.82) is 0 Å². The summed E-state index contributed by atoms with van der Waals surface area (Å²) in [5.74, 6) is -0.556. The van der Waals surface area contributed by atoms with Crippen LogP contribution in [0.2, 0.25) is 0 Å². The van der Waals surface area contributed by atoms with Crippen molar-refractivity contribution in [2.75, 3.05) is 7.05 Å². The Bertz CT molecular complexity index is 280. The molecule has 0 saturated heterocycles. The third kappa shape index (κ3) is 2.51. The van der Waals surface area contributed by atoms with Crippen LogP contribution in [-0.2, 0) is 6.54 Å². The van der Waals surface area contributed by atoms with Crippen molar-refractivity contribution in [3.05, 3.63) is 28.2 Å². The van der Waals surface area contributed by atoms with Gasteiger partial charge >= 0.3 is 0 Å². The summed E-state index contributed by atoms with van der Waals surface area (Å²) < 4.78 is 13.6. The van der Waals surface area contributed by atoms with E-state index in [4.69, 9.17) is 5.21 Å². The number of hydrogen-bond donors (Lipinski definition) is 1. The third-order valence-corrected chi connectivity index (χ3v) is 1.71. The second-order valence-corrected chi connectivity index (χ2v) is 3.33. The molecule has 1 aromatic heterocycles. The highest BCUT2D eigenvalue weighted by molar-refractivity contribution is 9.10. The topological polar surface area (TPSA) is 36.4 Å². The van der Waals surface area contributed by atoms with Crippen molar-refractivity contribution >= 4 is 15.9 Å². The predicted octanol–water partition coefficient (Wildman–Crippen LogP) is 1.80. The van der Waals surface area contributed by atoms with Gasteiger partial charge in [0.15, 0.2) is 0 Å². The second-order valence-electron chi connectivity index (χ2n) is 2.42. The standard InChI is InChI=1S/C7H8BrFN2O/c1-11(12)4-5-2-6(8)3-10-7(5)9/h2-3,12H,4H2,1H3. The van der Waals surface area contributed by atoms with E-state index in [1.54, 1.807) is 6.07 Å². The zero-order valence-corrected chi connectivity index (χ0v) is 8.05. The smallest absolute Gasteiger partial charge is 0.217 e. The number of rotatable bonds is 2. The number of halogens is 2. The molecule has 0 amide bonds. The Morgan fingerprint density at radius 2 is 2.42 bits per heavy atom. The molecule has 0 aliphatic rings. The van der Waals surface area contributed by atoms with E-state index in [0.717, 1.165) is 5.06 Å². The van der Waals surface area contributed by atoms with Gasteiger partial charge in [-0.1, -0.05) is 0 Å². The number of pyridine rings is 1. The van der Waals surface area contributed by atoms with Gasteiger partial charge in [0, 0.05) is 23.3 Å². The summed E-state index contributed by atoms with van der Waals surface area (Å²) in [6.07, 6.45) is 1.37. The van der Waals surface area contributed by atoms with Crippen LogP contribution in [0.25, 0.3) is 0 Å². The number of nitrogens with zero attached hydrogens (tertiary/aromatic N) is 2. The van der Waals surface area contributed by atoms with Gasteiger partial charge in [-0.05, 0) is 22.0 Å². The average Bonchev–Trinajstić information content (AvgIpc) is 1.96. The Morgan fingerprint density at radius 3 is 3.00 bits per heavy atom. The molecule has 0 aliphatic heterocycles. The molecule has 0 atom stereocenters. The molecule has 3 nitrogen and oxygen atoms in total. The molecule has 66 valence electrons. The average molecular weight is 235 g/mol. The van der Waals surface area contributed by atoms with Gasteiger partial charge in [0.05, 0.1) is 6.54 Å². The van der Waals surface area contributed by atoms with Crippen molar-refractivity contribution in [3.63, 3.8) is 0 Å². The molecule has 1 N–H and O–H groups in total. The quantitative estimate of drug-likeness (QED) is 0.627. The maximum absolute atomic E-state index is 12.9. The number of hydroxylamine groups is 2. The van der Waals surface area contributed by atoms with Gasteiger partial charge in [-0.3, -0.25) is 0 Å². The molecule has 0 fully saturated rings. The first-order valence-corrected chi connectivity index (χ1v) is 4.09. The summed E-state index contributed by atoms with van der Waals surface area (Å²) in [7, 11) is 1.44. The molecule has 5 heteroatoms. The number of hydrogen-bond acceptors (Lipinski definition) is 3. The van der Waals surface area contributed by atoms with Crippen LogP contribution in [0.15, 0.2) is 16.7 Å². The molecule has 0 saturated carbocycles. The summed E-state index contributed by atoms with van der Waals surface area (Å²) in [5, 5.41) is 9.74. The molecule has 0 spiro atoms. The van der Waals surface area contributed by atoms with E-state index < -0.39 is 5.95 Å². The predicted molar refractivity (Wildman–Crippen MR) is 45.1 cm³/mol. The summed E-state index contributed by atoms with van der Waals surface area (Å²) in [5.41, 5.74) is 0.356. The van der Waals surface area contributed by atoms with Crippen LogP contribution in [0.4, 0.5) is 4.39 Å². The van der Waals surface area contributed by atoms with Crippen LogP contribution in [-0.4, -0.2) is 22.3 Å². The lowest BCUT2D eigenvalue weighted by molar-refractivity contribution is -0.0740. The van der Waals surface area contributed by atoms with Crippen LogP contribution in [0.5, 0.6) is 0 Å². The molecule has 0 bridgehead atoms. The van der Waals surface area contributed by atoms with Crippen LogP contribution in [0.3, 0.4) is 0 Å². The first kappa shape index (κ1) is 9.57. The Labute approximate surface area is 77.9 Å². The zero-order chi connectivity index (χ0) is 9.14. The highest BCUT2D eigenvalue weighted by atomic mass is 79.9. The van der Waals surface area contributed by atoms with E-state index in [0.29, 0.717) is 10.0 Å². The van der Waals surface area contributed by atoms with Crippen molar-refractivity contribution in [1.82, 2.24) is 10.0 Å². The van der Waals surface area contributed by atoms with Crippen LogP contribution < -0.4 is 0 Å². The lowest BCUT2D eigenvalue weighted by Crippen LogP contribution is -2.13. The summed E-state index contributed by atoms with van der Waals surface area (Å²) in [4.78, 5) is 3.48. The second kappa shape index (κ2) is 3.93. The van der Waals surface area contributed by atoms with Gasteiger partial charge in [0.2, 0.25) is 5.95 Å². The maximum Gasteiger partial charge on any atom is 0.217 e. The summed E-state index contributed by atoms with van der Waals surface area (Å²) in [6.45, 7) is 0.123. The minimum absolute atomic E-state index is 0.123. The summed E-state index contributed by atoms with van der Waals surface area (Å²) in [6, 6.07) is 1.58. The Morgan fingerprint density at radius 1 is 1.75 bits per heavy atom. The fraction of sp³-hybridized carbons (Fsp3) is 0.286. The van der Waals surface area contributed by atoms with E-state index in [-0.39, 0.29) is 6.54 Å². The molecule has 1 aromatic rings. The van der Waals surface area contributed by atoms with Gasteiger partial charge in [-0.25, -0.2) is 4.98 Å². The van der Waals surface area contributed by atoms with Crippen molar-refractivity contribution in [3.8, 4) is 0 Å². The zero-order valence-electron chi connectivity index (χ0n) is 6.46. The van der Waals surface area contributed by atoms with Gasteiger partial charge < -0.3 is 5.21 Å². The van der Waals surface area contributed by atoms with Crippen LogP contribution >= 0.6 is 15.9 Å². The monoisotopic (exact) mass is 234 g/mol. The minimum atomic E-state index is -0.556. The Hall–Kier alpha value is -0.520. The molecule has 0 radical (unpaired) electrons. The van der Waals surface area contributed by atoms with Gasteiger partial charge in [0.25, 0.3) is 0 Å². The SMILES string of the molecule is CN(O)Cc1cc(Br)cnc1F. The highest BCUT2D eigenvalue weighted by Crippen LogP contribution is 2.13. The van der Waals surface area contributed by atoms with Crippen LogP contribution in [0, 0.1) is 5.95 Å². The van der Waals surface area contributed by atoms with E-state index in [1.165, 1.54) is 13.2 Å². The maximum atomic E-state index is 12.9. The summed E-state index contributed by atoms with van der Waals surface area (Å²) >= 11 is 3.16. The van der Waals surface area contributed by atoms with Crippen LogP contribution in [0.1, 0.15) is 5.56 Å². The lowest BCUT2D eigenvalue weighted by Gasteiger charge is -2.08. The van der Waals surface area contributed by atoms with Gasteiger partial charge in [0.1, 0.15) is 0 Å². The molecule has 0 aromatic carbocycles. The van der Waals surface area contributed by atoms with Gasteiger partial charge in [-0.15, -0.1) is 0 Å². The molecule has 1 rings (SSSR count). The van der Waals surface area contributed by atoms with Crippen molar-refractivity contribution < 1.29 is 9.60 Å². The van der Waals surface area contributed by atoms with E-state index in [9.17, 15) is 4.39 Å². The normalized spacial score (nSPS) is 10.8. The molecule has 0 unspecified atom stereocenters. The van der Waals surface area contributed by atoms with E-state index >= 15 is 0 Å².